The Labute approximate surface area is 127 Å². The topological polar surface area (TPSA) is 54.2 Å². The molecule has 0 aliphatic carbocycles. The summed E-state index contributed by atoms with van der Waals surface area (Å²) in [6, 6.07) is 14.8. The fourth-order valence-electron chi connectivity index (χ4n) is 2.57. The standard InChI is InChI=1S/C17H24N4/c1-3-21(4-2)16(14-8-6-5-7-9-14)13-20-15-10-11-19-17(18)12-15/h5-12,16H,3-4,13H2,1-2H3,(H3,18,19,20). The van der Waals surface area contributed by atoms with Gasteiger partial charge in [0.15, 0.2) is 0 Å². The minimum atomic E-state index is 0.343. The first-order valence-corrected chi connectivity index (χ1v) is 7.49. The molecule has 0 radical (unpaired) electrons. The van der Waals surface area contributed by atoms with E-state index in [2.05, 4.69) is 59.4 Å². The zero-order valence-electron chi connectivity index (χ0n) is 12.8. The molecule has 0 aliphatic rings. The normalized spacial score (nSPS) is 12.3. The SMILES string of the molecule is CCN(CC)C(CNc1ccnc(N)c1)c1ccccc1. The van der Waals surface area contributed by atoms with E-state index in [0.29, 0.717) is 11.9 Å². The molecule has 0 fully saturated rings. The Kier molecular flexibility index (Phi) is 5.58. The average molecular weight is 284 g/mol. The van der Waals surface area contributed by atoms with Gasteiger partial charge in [-0.25, -0.2) is 4.98 Å². The number of anilines is 2. The third-order valence-electron chi connectivity index (χ3n) is 3.72. The predicted molar refractivity (Wildman–Crippen MR) is 89.2 cm³/mol. The third kappa shape index (κ3) is 4.20. The van der Waals surface area contributed by atoms with Crippen molar-refractivity contribution < 1.29 is 0 Å². The van der Waals surface area contributed by atoms with Crippen LogP contribution >= 0.6 is 0 Å². The molecular formula is C17H24N4. The summed E-state index contributed by atoms with van der Waals surface area (Å²) in [4.78, 5) is 6.47. The van der Waals surface area contributed by atoms with E-state index >= 15 is 0 Å². The maximum Gasteiger partial charge on any atom is 0.125 e. The molecule has 1 aromatic carbocycles. The van der Waals surface area contributed by atoms with Gasteiger partial charge >= 0.3 is 0 Å². The largest absolute Gasteiger partial charge is 0.384 e. The van der Waals surface area contributed by atoms with E-state index in [-0.39, 0.29) is 0 Å². The summed E-state index contributed by atoms with van der Waals surface area (Å²) in [5.74, 6) is 0.541. The van der Waals surface area contributed by atoms with Gasteiger partial charge in [0, 0.05) is 24.5 Å². The van der Waals surface area contributed by atoms with Crippen molar-refractivity contribution in [1.82, 2.24) is 9.88 Å². The summed E-state index contributed by atoms with van der Waals surface area (Å²) in [7, 11) is 0. The third-order valence-corrected chi connectivity index (χ3v) is 3.72. The van der Waals surface area contributed by atoms with E-state index in [1.165, 1.54) is 5.56 Å². The number of nitrogens with zero attached hydrogens (tertiary/aromatic N) is 2. The Morgan fingerprint density at radius 2 is 1.86 bits per heavy atom. The second-order valence-electron chi connectivity index (χ2n) is 5.00. The van der Waals surface area contributed by atoms with Crippen molar-refractivity contribution in [2.24, 2.45) is 0 Å². The molecule has 1 aromatic heterocycles. The van der Waals surface area contributed by atoms with Gasteiger partial charge in [-0.1, -0.05) is 44.2 Å². The van der Waals surface area contributed by atoms with Crippen LogP contribution in [0.15, 0.2) is 48.7 Å². The van der Waals surface area contributed by atoms with Gasteiger partial charge in [0.2, 0.25) is 0 Å². The van der Waals surface area contributed by atoms with Crippen LogP contribution in [0.4, 0.5) is 11.5 Å². The van der Waals surface area contributed by atoms with Gasteiger partial charge < -0.3 is 11.1 Å². The quantitative estimate of drug-likeness (QED) is 0.820. The molecule has 0 spiro atoms. The Balaban J connectivity index is 2.13. The minimum absolute atomic E-state index is 0.343. The van der Waals surface area contributed by atoms with Gasteiger partial charge in [-0.2, -0.15) is 0 Å². The number of hydrogen-bond donors (Lipinski definition) is 2. The van der Waals surface area contributed by atoms with Crippen LogP contribution in [-0.4, -0.2) is 29.5 Å². The van der Waals surface area contributed by atoms with Crippen molar-refractivity contribution in [3.05, 3.63) is 54.2 Å². The van der Waals surface area contributed by atoms with E-state index in [0.717, 1.165) is 25.3 Å². The highest BCUT2D eigenvalue weighted by molar-refractivity contribution is 5.49. The zero-order chi connectivity index (χ0) is 15.1. The Morgan fingerprint density at radius 1 is 1.14 bits per heavy atom. The lowest BCUT2D eigenvalue weighted by atomic mass is 10.0. The van der Waals surface area contributed by atoms with Crippen LogP contribution in [-0.2, 0) is 0 Å². The van der Waals surface area contributed by atoms with Gasteiger partial charge in [0.05, 0.1) is 6.04 Å². The number of nitrogens with two attached hydrogens (primary N) is 1. The highest BCUT2D eigenvalue weighted by atomic mass is 15.2. The van der Waals surface area contributed by atoms with E-state index < -0.39 is 0 Å². The number of rotatable bonds is 7. The first kappa shape index (κ1) is 15.3. The fourth-order valence-corrected chi connectivity index (χ4v) is 2.57. The Hall–Kier alpha value is -2.07. The van der Waals surface area contributed by atoms with Crippen LogP contribution in [0.1, 0.15) is 25.5 Å². The van der Waals surface area contributed by atoms with Gasteiger partial charge in [0.1, 0.15) is 5.82 Å². The number of aromatic nitrogens is 1. The molecule has 1 heterocycles. The van der Waals surface area contributed by atoms with Crippen molar-refractivity contribution >= 4 is 11.5 Å². The molecule has 0 saturated carbocycles. The van der Waals surface area contributed by atoms with Gasteiger partial charge in [-0.15, -0.1) is 0 Å². The summed E-state index contributed by atoms with van der Waals surface area (Å²) in [6.07, 6.45) is 1.73. The second-order valence-corrected chi connectivity index (χ2v) is 5.00. The molecule has 0 amide bonds. The molecule has 0 bridgehead atoms. The highest BCUT2D eigenvalue weighted by Gasteiger charge is 2.17. The van der Waals surface area contributed by atoms with E-state index in [9.17, 15) is 0 Å². The molecule has 1 atom stereocenters. The summed E-state index contributed by atoms with van der Waals surface area (Å²) in [5.41, 5.74) is 8.07. The molecule has 4 heteroatoms. The Bertz CT molecular complexity index is 537. The maximum absolute atomic E-state index is 5.73. The van der Waals surface area contributed by atoms with Crippen molar-refractivity contribution in [3.63, 3.8) is 0 Å². The lowest BCUT2D eigenvalue weighted by Gasteiger charge is -2.30. The lowest BCUT2D eigenvalue weighted by Crippen LogP contribution is -2.33. The molecule has 2 aromatic rings. The van der Waals surface area contributed by atoms with Crippen molar-refractivity contribution in [1.29, 1.82) is 0 Å². The molecular weight excluding hydrogens is 260 g/mol. The molecule has 1 unspecified atom stereocenters. The van der Waals surface area contributed by atoms with Gasteiger partial charge in [0.25, 0.3) is 0 Å². The zero-order valence-corrected chi connectivity index (χ0v) is 12.8. The summed E-state index contributed by atoms with van der Waals surface area (Å²) < 4.78 is 0. The summed E-state index contributed by atoms with van der Waals surface area (Å²) in [6.45, 7) is 7.29. The summed E-state index contributed by atoms with van der Waals surface area (Å²) in [5, 5.41) is 3.47. The average Bonchev–Trinajstić information content (AvgIpc) is 2.52. The molecule has 0 aliphatic heterocycles. The van der Waals surface area contributed by atoms with Crippen LogP contribution in [0.25, 0.3) is 0 Å². The maximum atomic E-state index is 5.73. The second kappa shape index (κ2) is 7.64. The molecule has 21 heavy (non-hydrogen) atoms. The number of nitrogen functional groups attached to an aromatic ring is 1. The van der Waals surface area contributed by atoms with Gasteiger partial charge in [-0.3, -0.25) is 4.90 Å². The molecule has 2 rings (SSSR count). The van der Waals surface area contributed by atoms with Crippen molar-refractivity contribution in [2.75, 3.05) is 30.7 Å². The van der Waals surface area contributed by atoms with Crippen LogP contribution in [0.3, 0.4) is 0 Å². The number of benzene rings is 1. The first-order valence-electron chi connectivity index (χ1n) is 7.49. The number of nitrogens with one attached hydrogen (secondary N) is 1. The van der Waals surface area contributed by atoms with Crippen LogP contribution < -0.4 is 11.1 Å². The minimum Gasteiger partial charge on any atom is -0.384 e. The number of likely N-dealkylation sites (N-methyl/N-ethyl adjacent to an activating group) is 1. The van der Waals surface area contributed by atoms with Crippen molar-refractivity contribution in [2.45, 2.75) is 19.9 Å². The first-order chi connectivity index (χ1) is 10.2. The van der Waals surface area contributed by atoms with Crippen molar-refractivity contribution in [3.8, 4) is 0 Å². The Morgan fingerprint density at radius 3 is 2.48 bits per heavy atom. The van der Waals surface area contributed by atoms with Crippen LogP contribution in [0.5, 0.6) is 0 Å². The van der Waals surface area contributed by atoms with Crippen LogP contribution in [0.2, 0.25) is 0 Å². The fraction of sp³-hybridized carbons (Fsp3) is 0.353. The van der Waals surface area contributed by atoms with E-state index in [4.69, 9.17) is 5.73 Å². The molecule has 4 nitrogen and oxygen atoms in total. The monoisotopic (exact) mass is 284 g/mol. The molecule has 3 N–H and O–H groups in total. The molecule has 112 valence electrons. The highest BCUT2D eigenvalue weighted by Crippen LogP contribution is 2.21. The smallest absolute Gasteiger partial charge is 0.125 e. The predicted octanol–water partition coefficient (Wildman–Crippen LogP) is 3.16. The number of hydrogen-bond acceptors (Lipinski definition) is 4. The lowest BCUT2D eigenvalue weighted by molar-refractivity contribution is 0.228. The number of pyridine rings is 1. The molecule has 0 saturated heterocycles. The van der Waals surface area contributed by atoms with E-state index in [1.807, 2.05) is 12.1 Å². The van der Waals surface area contributed by atoms with Gasteiger partial charge in [-0.05, 0) is 24.7 Å². The summed E-state index contributed by atoms with van der Waals surface area (Å²) >= 11 is 0. The van der Waals surface area contributed by atoms with Crippen LogP contribution in [0, 0.1) is 0 Å². The van der Waals surface area contributed by atoms with E-state index in [1.54, 1.807) is 6.20 Å².